The van der Waals surface area contributed by atoms with Crippen LogP contribution in [-0.2, 0) is 11.3 Å². The standard InChI is InChI=1S/C20H25N3O2.C2HF3O2/c1-16-4-5-18(25-16)14-22-10-6-20(7-11-22)8-12-23(15-20)19(24)17-3-2-9-21-13-17;3-2(4,5)1(6)7/h2-5,9,13H,6-8,10-12,14-15H2,1H3;(H,6,7). The molecule has 2 saturated heterocycles. The number of halogens is 3. The van der Waals surface area contributed by atoms with Crippen molar-refractivity contribution in [1.29, 1.82) is 0 Å². The number of aliphatic carboxylic acids is 1. The zero-order chi connectivity index (χ0) is 23.4. The molecule has 0 saturated carbocycles. The van der Waals surface area contributed by atoms with Crippen LogP contribution in [0.3, 0.4) is 0 Å². The van der Waals surface area contributed by atoms with E-state index in [0.29, 0.717) is 11.0 Å². The molecule has 4 rings (SSSR count). The number of aromatic nitrogens is 1. The number of carbonyl (C=O) groups excluding carboxylic acids is 1. The van der Waals surface area contributed by atoms with Crippen LogP contribution in [0.5, 0.6) is 0 Å². The molecular formula is C22H26F3N3O4. The minimum absolute atomic E-state index is 0.124. The van der Waals surface area contributed by atoms with Gasteiger partial charge in [0.25, 0.3) is 5.91 Å². The molecule has 1 N–H and O–H groups in total. The number of likely N-dealkylation sites (tertiary alicyclic amines) is 2. The van der Waals surface area contributed by atoms with Crippen molar-refractivity contribution in [3.63, 3.8) is 0 Å². The zero-order valence-corrected chi connectivity index (χ0v) is 17.8. The first-order valence-corrected chi connectivity index (χ1v) is 10.4. The lowest BCUT2D eigenvalue weighted by molar-refractivity contribution is -0.192. The summed E-state index contributed by atoms with van der Waals surface area (Å²) in [4.78, 5) is 30.1. The number of aryl methyl sites for hydroxylation is 1. The molecule has 0 radical (unpaired) electrons. The van der Waals surface area contributed by atoms with Crippen molar-refractivity contribution in [3.8, 4) is 0 Å². The first-order chi connectivity index (χ1) is 15.1. The minimum atomic E-state index is -5.08. The maximum Gasteiger partial charge on any atom is 0.490 e. The molecule has 2 aliphatic heterocycles. The zero-order valence-electron chi connectivity index (χ0n) is 17.8. The number of nitrogens with zero attached hydrogens (tertiary/aromatic N) is 3. The molecule has 1 spiro atoms. The Balaban J connectivity index is 0.000000360. The Morgan fingerprint density at radius 1 is 1.16 bits per heavy atom. The van der Waals surface area contributed by atoms with Gasteiger partial charge >= 0.3 is 12.1 Å². The SMILES string of the molecule is Cc1ccc(CN2CCC3(CC2)CCN(C(=O)c2cccnc2)C3)o1.O=C(O)C(F)(F)F. The summed E-state index contributed by atoms with van der Waals surface area (Å²) in [7, 11) is 0. The predicted molar refractivity (Wildman–Crippen MR) is 109 cm³/mol. The normalized spacial score (nSPS) is 18.3. The van der Waals surface area contributed by atoms with Crippen molar-refractivity contribution in [2.45, 2.75) is 38.9 Å². The van der Waals surface area contributed by atoms with Crippen molar-refractivity contribution < 1.29 is 32.3 Å². The topological polar surface area (TPSA) is 86.9 Å². The summed E-state index contributed by atoms with van der Waals surface area (Å²) in [6.07, 6.45) is 1.72. The maximum atomic E-state index is 12.6. The number of piperidine rings is 1. The molecule has 0 atom stereocenters. The van der Waals surface area contributed by atoms with Crippen LogP contribution in [0.25, 0.3) is 0 Å². The van der Waals surface area contributed by atoms with Gasteiger partial charge in [-0.1, -0.05) is 0 Å². The fraction of sp³-hybridized carbons (Fsp3) is 0.500. The van der Waals surface area contributed by atoms with Gasteiger partial charge in [-0.2, -0.15) is 13.2 Å². The average molecular weight is 453 g/mol. The molecule has 2 aromatic rings. The van der Waals surface area contributed by atoms with Crippen LogP contribution in [0, 0.1) is 12.3 Å². The number of hydrogen-bond donors (Lipinski definition) is 1. The van der Waals surface area contributed by atoms with Gasteiger partial charge in [-0.05, 0) is 69.0 Å². The fourth-order valence-electron chi connectivity index (χ4n) is 4.16. The van der Waals surface area contributed by atoms with Crippen LogP contribution >= 0.6 is 0 Å². The Morgan fingerprint density at radius 3 is 2.34 bits per heavy atom. The van der Waals surface area contributed by atoms with E-state index in [2.05, 4.69) is 16.0 Å². The average Bonchev–Trinajstić information content (AvgIpc) is 3.36. The number of amides is 1. The number of furan rings is 1. The van der Waals surface area contributed by atoms with Gasteiger partial charge in [0.2, 0.25) is 0 Å². The second-order valence-corrected chi connectivity index (χ2v) is 8.31. The smallest absolute Gasteiger partial charge is 0.475 e. The lowest BCUT2D eigenvalue weighted by Gasteiger charge is -2.39. The molecular weight excluding hydrogens is 427 g/mol. The molecule has 1 amide bonds. The van der Waals surface area contributed by atoms with Crippen LogP contribution in [0.15, 0.2) is 41.1 Å². The van der Waals surface area contributed by atoms with Crippen LogP contribution in [-0.4, -0.2) is 64.1 Å². The van der Waals surface area contributed by atoms with Crippen molar-refractivity contribution in [2.24, 2.45) is 5.41 Å². The van der Waals surface area contributed by atoms with E-state index >= 15 is 0 Å². The van der Waals surface area contributed by atoms with Crippen LogP contribution < -0.4 is 0 Å². The maximum absolute atomic E-state index is 12.6. The summed E-state index contributed by atoms with van der Waals surface area (Å²) < 4.78 is 37.4. The molecule has 2 fully saturated rings. The second kappa shape index (κ2) is 9.72. The molecule has 10 heteroatoms. The molecule has 174 valence electrons. The van der Waals surface area contributed by atoms with Crippen LogP contribution in [0.1, 0.15) is 41.1 Å². The fourth-order valence-corrected chi connectivity index (χ4v) is 4.16. The summed E-state index contributed by atoms with van der Waals surface area (Å²) in [5, 5.41) is 7.12. The van der Waals surface area contributed by atoms with E-state index in [1.807, 2.05) is 30.0 Å². The third-order valence-electron chi connectivity index (χ3n) is 5.97. The Kier molecular flexibility index (Phi) is 7.22. The highest BCUT2D eigenvalue weighted by molar-refractivity contribution is 5.94. The van der Waals surface area contributed by atoms with Gasteiger partial charge in [-0.3, -0.25) is 14.7 Å². The summed E-state index contributed by atoms with van der Waals surface area (Å²) in [6.45, 7) is 6.78. The Bertz CT molecular complexity index is 922. The van der Waals surface area contributed by atoms with Crippen molar-refractivity contribution in [3.05, 3.63) is 53.7 Å². The highest BCUT2D eigenvalue weighted by Crippen LogP contribution is 2.41. The third-order valence-corrected chi connectivity index (χ3v) is 5.97. The Hall–Kier alpha value is -2.88. The van der Waals surface area contributed by atoms with E-state index in [1.54, 1.807) is 12.4 Å². The molecule has 0 aromatic carbocycles. The van der Waals surface area contributed by atoms with Gasteiger partial charge in [0.05, 0.1) is 12.1 Å². The first kappa shape index (κ1) is 23.8. The first-order valence-electron chi connectivity index (χ1n) is 10.4. The molecule has 32 heavy (non-hydrogen) atoms. The Morgan fingerprint density at radius 2 is 1.81 bits per heavy atom. The van der Waals surface area contributed by atoms with E-state index in [1.165, 1.54) is 0 Å². The third kappa shape index (κ3) is 6.09. The van der Waals surface area contributed by atoms with Crippen molar-refractivity contribution in [2.75, 3.05) is 26.2 Å². The van der Waals surface area contributed by atoms with Gasteiger partial charge in [0.1, 0.15) is 11.5 Å². The van der Waals surface area contributed by atoms with Crippen LogP contribution in [0.4, 0.5) is 13.2 Å². The van der Waals surface area contributed by atoms with Gasteiger partial charge in [0.15, 0.2) is 0 Å². The Labute approximate surface area is 183 Å². The number of carboxylic acids is 1. The van der Waals surface area contributed by atoms with E-state index in [4.69, 9.17) is 14.3 Å². The van der Waals surface area contributed by atoms with Gasteiger partial charge < -0.3 is 14.4 Å². The predicted octanol–water partition coefficient (Wildman–Crippen LogP) is 3.74. The lowest BCUT2D eigenvalue weighted by atomic mass is 9.78. The van der Waals surface area contributed by atoms with Gasteiger partial charge in [-0.25, -0.2) is 4.79 Å². The van der Waals surface area contributed by atoms with Crippen molar-refractivity contribution in [1.82, 2.24) is 14.8 Å². The summed E-state index contributed by atoms with van der Waals surface area (Å²) in [5.74, 6) is -0.608. The molecule has 0 aliphatic carbocycles. The van der Waals surface area contributed by atoms with Gasteiger partial charge in [-0.15, -0.1) is 0 Å². The van der Waals surface area contributed by atoms with E-state index in [-0.39, 0.29) is 5.91 Å². The van der Waals surface area contributed by atoms with E-state index < -0.39 is 12.1 Å². The molecule has 0 unspecified atom stereocenters. The number of carboxylic acid groups (broad SMARTS) is 1. The molecule has 4 heterocycles. The number of pyridine rings is 1. The summed E-state index contributed by atoms with van der Waals surface area (Å²) >= 11 is 0. The number of carbonyl (C=O) groups is 2. The summed E-state index contributed by atoms with van der Waals surface area (Å²) in [5.41, 5.74) is 0.998. The minimum Gasteiger partial charge on any atom is -0.475 e. The number of alkyl halides is 3. The largest absolute Gasteiger partial charge is 0.490 e. The number of hydrogen-bond acceptors (Lipinski definition) is 5. The number of rotatable bonds is 3. The van der Waals surface area contributed by atoms with E-state index in [9.17, 15) is 18.0 Å². The molecule has 2 aliphatic rings. The molecule has 2 aromatic heterocycles. The molecule has 7 nitrogen and oxygen atoms in total. The van der Waals surface area contributed by atoms with Gasteiger partial charge in [0, 0.05) is 25.5 Å². The molecule has 0 bridgehead atoms. The van der Waals surface area contributed by atoms with Crippen molar-refractivity contribution >= 4 is 11.9 Å². The second-order valence-electron chi connectivity index (χ2n) is 8.31. The van der Waals surface area contributed by atoms with Crippen LogP contribution in [0.2, 0.25) is 0 Å². The highest BCUT2D eigenvalue weighted by Gasteiger charge is 2.42. The quantitative estimate of drug-likeness (QED) is 0.762. The monoisotopic (exact) mass is 453 g/mol. The van der Waals surface area contributed by atoms with E-state index in [0.717, 1.165) is 63.5 Å². The highest BCUT2D eigenvalue weighted by atomic mass is 19.4. The summed E-state index contributed by atoms with van der Waals surface area (Å²) in [6, 6.07) is 7.78. The lowest BCUT2D eigenvalue weighted by Crippen LogP contribution is -2.41.